The third-order valence-electron chi connectivity index (χ3n) is 3.45. The lowest BCUT2D eigenvalue weighted by molar-refractivity contribution is 0.262. The van der Waals surface area contributed by atoms with Crippen molar-refractivity contribution in [3.63, 3.8) is 0 Å². The van der Waals surface area contributed by atoms with Crippen LogP contribution >= 0.6 is 0 Å². The van der Waals surface area contributed by atoms with Crippen molar-refractivity contribution in [1.29, 1.82) is 5.41 Å². The number of aromatic hydroxyl groups is 1. The average molecular weight is 250 g/mol. The molecule has 1 aliphatic carbocycles. The molecule has 5 nitrogen and oxygen atoms in total. The number of fused-ring (bicyclic) bond motifs is 1. The van der Waals surface area contributed by atoms with Crippen LogP contribution in [0.25, 0.3) is 0 Å². The fourth-order valence-electron chi connectivity index (χ4n) is 2.65. The summed E-state index contributed by atoms with van der Waals surface area (Å²) in [5.41, 5.74) is 1.86. The lowest BCUT2D eigenvalue weighted by Gasteiger charge is -2.22. The van der Waals surface area contributed by atoms with Crippen LogP contribution in [0.3, 0.4) is 0 Å². The first kappa shape index (κ1) is 12.8. The van der Waals surface area contributed by atoms with E-state index in [1.807, 2.05) is 0 Å². The van der Waals surface area contributed by atoms with Gasteiger partial charge < -0.3 is 15.6 Å². The Hall–Kier alpha value is -1.62. The molecule has 3 N–H and O–H groups in total. The SMILES string of the molecule is CC(=N)c1c2c(c(O)n(CCO)c1=O)CCCC2. The second kappa shape index (κ2) is 4.94. The van der Waals surface area contributed by atoms with Crippen molar-refractivity contribution in [3.8, 4) is 5.88 Å². The van der Waals surface area contributed by atoms with E-state index in [2.05, 4.69) is 0 Å². The first-order chi connectivity index (χ1) is 8.57. The van der Waals surface area contributed by atoms with Gasteiger partial charge in [0.25, 0.3) is 5.56 Å². The van der Waals surface area contributed by atoms with Crippen molar-refractivity contribution >= 4 is 5.71 Å². The molecule has 1 aliphatic rings. The van der Waals surface area contributed by atoms with Crippen molar-refractivity contribution in [2.45, 2.75) is 39.2 Å². The second-order valence-electron chi connectivity index (χ2n) is 4.67. The van der Waals surface area contributed by atoms with E-state index < -0.39 is 0 Å². The van der Waals surface area contributed by atoms with Gasteiger partial charge in [0.1, 0.15) is 0 Å². The fourth-order valence-corrected chi connectivity index (χ4v) is 2.65. The molecule has 0 unspecified atom stereocenters. The standard InChI is InChI=1S/C13H18N2O3/c1-8(14)11-9-4-2-3-5-10(9)12(17)15(6-7-16)13(11)18/h14,16-17H,2-7H2,1H3. The Bertz CT molecular complexity index is 546. The molecule has 5 heteroatoms. The van der Waals surface area contributed by atoms with Gasteiger partial charge in [-0.1, -0.05) is 0 Å². The van der Waals surface area contributed by atoms with Crippen molar-refractivity contribution < 1.29 is 10.2 Å². The molecule has 0 atom stereocenters. The van der Waals surface area contributed by atoms with Crippen LogP contribution in [0.5, 0.6) is 5.88 Å². The monoisotopic (exact) mass is 250 g/mol. The molecule has 0 bridgehead atoms. The molecule has 0 saturated heterocycles. The molecule has 1 heterocycles. The zero-order chi connectivity index (χ0) is 13.3. The van der Waals surface area contributed by atoms with E-state index in [4.69, 9.17) is 10.5 Å². The number of hydrogen-bond donors (Lipinski definition) is 3. The maximum absolute atomic E-state index is 12.2. The fraction of sp³-hybridized carbons (Fsp3) is 0.538. The summed E-state index contributed by atoms with van der Waals surface area (Å²) in [4.78, 5) is 12.2. The Morgan fingerprint density at radius 3 is 2.50 bits per heavy atom. The second-order valence-corrected chi connectivity index (χ2v) is 4.67. The Morgan fingerprint density at radius 1 is 1.33 bits per heavy atom. The van der Waals surface area contributed by atoms with Crippen LogP contribution in [-0.4, -0.2) is 27.1 Å². The third kappa shape index (κ3) is 1.95. The molecule has 0 spiro atoms. The maximum atomic E-state index is 12.2. The quantitative estimate of drug-likeness (QED) is 0.694. The van der Waals surface area contributed by atoms with Crippen LogP contribution in [0, 0.1) is 5.41 Å². The van der Waals surface area contributed by atoms with Crippen molar-refractivity contribution in [1.82, 2.24) is 4.57 Å². The van der Waals surface area contributed by atoms with Crippen molar-refractivity contribution in [2.24, 2.45) is 0 Å². The largest absolute Gasteiger partial charge is 0.494 e. The normalized spacial score (nSPS) is 14.3. The van der Waals surface area contributed by atoms with Gasteiger partial charge in [-0.3, -0.25) is 9.36 Å². The van der Waals surface area contributed by atoms with Gasteiger partial charge in [0.15, 0.2) is 5.88 Å². The van der Waals surface area contributed by atoms with Crippen LogP contribution in [0.1, 0.15) is 36.5 Å². The third-order valence-corrected chi connectivity index (χ3v) is 3.45. The highest BCUT2D eigenvalue weighted by molar-refractivity contribution is 5.97. The Morgan fingerprint density at radius 2 is 1.94 bits per heavy atom. The molecule has 1 aromatic rings. The average Bonchev–Trinajstić information content (AvgIpc) is 2.34. The molecule has 0 aliphatic heterocycles. The lowest BCUT2D eigenvalue weighted by Crippen LogP contribution is -2.31. The summed E-state index contributed by atoms with van der Waals surface area (Å²) in [6, 6.07) is 0. The molecular formula is C13H18N2O3. The van der Waals surface area contributed by atoms with Gasteiger partial charge in [-0.25, -0.2) is 0 Å². The van der Waals surface area contributed by atoms with Crippen molar-refractivity contribution in [3.05, 3.63) is 27.0 Å². The van der Waals surface area contributed by atoms with Crippen LogP contribution in [0.4, 0.5) is 0 Å². The molecular weight excluding hydrogens is 232 g/mol. The van der Waals surface area contributed by atoms with E-state index in [1.54, 1.807) is 6.92 Å². The number of aromatic nitrogens is 1. The van der Waals surface area contributed by atoms with Crippen LogP contribution < -0.4 is 5.56 Å². The minimum Gasteiger partial charge on any atom is -0.494 e. The van der Waals surface area contributed by atoms with Gasteiger partial charge in [-0.05, 0) is 38.2 Å². The number of hydrogen-bond acceptors (Lipinski definition) is 4. The van der Waals surface area contributed by atoms with Crippen LogP contribution in [0.2, 0.25) is 0 Å². The van der Waals surface area contributed by atoms with E-state index in [0.717, 1.165) is 36.8 Å². The first-order valence-electron chi connectivity index (χ1n) is 6.21. The van der Waals surface area contributed by atoms with Crippen LogP contribution in [-0.2, 0) is 19.4 Å². The van der Waals surface area contributed by atoms with Crippen LogP contribution in [0.15, 0.2) is 4.79 Å². The van der Waals surface area contributed by atoms with E-state index in [1.165, 1.54) is 4.57 Å². The number of pyridine rings is 1. The number of aliphatic hydroxyl groups is 1. The smallest absolute Gasteiger partial charge is 0.262 e. The molecule has 0 amide bonds. The van der Waals surface area contributed by atoms with Gasteiger partial charge in [0, 0.05) is 11.3 Å². The number of rotatable bonds is 3. The predicted molar refractivity (Wildman–Crippen MR) is 68.6 cm³/mol. The van der Waals surface area contributed by atoms with E-state index in [-0.39, 0.29) is 30.3 Å². The number of aliphatic hydroxyl groups excluding tert-OH is 1. The lowest BCUT2D eigenvalue weighted by atomic mass is 9.88. The minimum absolute atomic E-state index is 0.0336. The molecule has 2 rings (SSSR count). The van der Waals surface area contributed by atoms with Gasteiger partial charge in [-0.15, -0.1) is 0 Å². The summed E-state index contributed by atoms with van der Waals surface area (Å²) >= 11 is 0. The molecule has 18 heavy (non-hydrogen) atoms. The number of nitrogens with zero attached hydrogens (tertiary/aromatic N) is 1. The topological polar surface area (TPSA) is 86.3 Å². The molecule has 0 aromatic carbocycles. The summed E-state index contributed by atoms with van der Waals surface area (Å²) in [5, 5.41) is 26.9. The van der Waals surface area contributed by atoms with E-state index in [0.29, 0.717) is 5.56 Å². The summed E-state index contributed by atoms with van der Waals surface area (Å²) < 4.78 is 1.18. The zero-order valence-electron chi connectivity index (χ0n) is 10.5. The van der Waals surface area contributed by atoms with Crippen molar-refractivity contribution in [2.75, 3.05) is 6.61 Å². The van der Waals surface area contributed by atoms with E-state index in [9.17, 15) is 9.90 Å². The minimum atomic E-state index is -0.366. The summed E-state index contributed by atoms with van der Waals surface area (Å²) in [7, 11) is 0. The molecule has 1 aromatic heterocycles. The maximum Gasteiger partial charge on any atom is 0.262 e. The molecule has 98 valence electrons. The highest BCUT2D eigenvalue weighted by Crippen LogP contribution is 2.29. The zero-order valence-corrected chi connectivity index (χ0v) is 10.5. The number of nitrogens with one attached hydrogen (secondary N) is 1. The highest BCUT2D eigenvalue weighted by atomic mass is 16.3. The Kier molecular flexibility index (Phi) is 3.52. The predicted octanol–water partition coefficient (Wildman–Crippen LogP) is 0.813. The highest BCUT2D eigenvalue weighted by Gasteiger charge is 2.24. The summed E-state index contributed by atoms with van der Waals surface area (Å²) in [6.45, 7) is 1.45. The Balaban J connectivity index is 2.76. The molecule has 0 radical (unpaired) electrons. The first-order valence-corrected chi connectivity index (χ1v) is 6.21. The molecule has 0 fully saturated rings. The van der Waals surface area contributed by atoms with Gasteiger partial charge in [0.2, 0.25) is 0 Å². The van der Waals surface area contributed by atoms with Gasteiger partial charge in [-0.2, -0.15) is 0 Å². The Labute approximate surface area is 105 Å². The summed E-state index contributed by atoms with van der Waals surface area (Å²) in [5.74, 6) is -0.0336. The summed E-state index contributed by atoms with van der Waals surface area (Å²) in [6.07, 6.45) is 3.43. The van der Waals surface area contributed by atoms with Gasteiger partial charge >= 0.3 is 0 Å². The molecule has 0 saturated carbocycles. The van der Waals surface area contributed by atoms with Gasteiger partial charge in [0.05, 0.1) is 18.7 Å². The van der Waals surface area contributed by atoms with E-state index >= 15 is 0 Å².